The van der Waals surface area contributed by atoms with Crippen LogP contribution in [0.4, 0.5) is 17.1 Å². The van der Waals surface area contributed by atoms with Crippen molar-refractivity contribution in [3.63, 3.8) is 0 Å². The number of pyridine rings is 1. The van der Waals surface area contributed by atoms with Crippen molar-refractivity contribution in [2.75, 3.05) is 79.4 Å². The Balaban J connectivity index is 1.73. The average Bonchev–Trinajstić information content (AvgIpc) is 3.27. The summed E-state index contributed by atoms with van der Waals surface area (Å²) >= 11 is 0. The number of primary amides is 1. The minimum atomic E-state index is -3.97. The standard InChI is InChI=1S/C41H54N10O11S2/c1-29(37(39(44)53)47-45-32-10-16-35(17-11-32)64(58,59)50(21-25-61-4)22-26-62-5)31(27-42)9-7-6-8-18-51-40(54)36(28-43)30(2)38(41(51)55)48-46-33-12-14-34(15-13-33)63(56,57)49(19-23-52)20-24-60-3/h10-17,45,52,54H,6-9,18-26H2,1-5H3,(H2,44,53)/b31-29+,47-37?,48-46?. The summed E-state index contributed by atoms with van der Waals surface area (Å²) in [6.07, 6.45) is 1.38. The second-order valence-electron chi connectivity index (χ2n) is 13.9. The number of rotatable bonds is 27. The van der Waals surface area contributed by atoms with Crippen LogP contribution >= 0.6 is 0 Å². The number of carbonyl (C=O) groups excluding carboxylic acids is 1. The molecule has 0 spiro atoms. The number of aromatic nitrogens is 1. The van der Waals surface area contributed by atoms with Crippen molar-refractivity contribution < 1.29 is 46.1 Å². The van der Waals surface area contributed by atoms with Gasteiger partial charge < -0.3 is 30.2 Å². The molecule has 21 nitrogen and oxygen atoms in total. The number of nitriles is 2. The van der Waals surface area contributed by atoms with Crippen LogP contribution in [0.3, 0.4) is 0 Å². The van der Waals surface area contributed by atoms with Crippen LogP contribution < -0.4 is 16.7 Å². The lowest BCUT2D eigenvalue weighted by atomic mass is 10.00. The Labute approximate surface area is 372 Å². The quantitative estimate of drug-likeness (QED) is 0.0280. The minimum Gasteiger partial charge on any atom is -0.493 e. The summed E-state index contributed by atoms with van der Waals surface area (Å²) in [5.41, 5.74) is 8.05. The molecule has 3 aromatic rings. The summed E-state index contributed by atoms with van der Waals surface area (Å²) < 4.78 is 71.1. The number of benzene rings is 2. The van der Waals surface area contributed by atoms with Gasteiger partial charge in [0.05, 0.1) is 53.7 Å². The highest BCUT2D eigenvalue weighted by Gasteiger charge is 2.26. The van der Waals surface area contributed by atoms with Gasteiger partial charge in [-0.1, -0.05) is 6.42 Å². The van der Waals surface area contributed by atoms with Crippen LogP contribution in [0.25, 0.3) is 0 Å². The molecule has 3 rings (SSSR count). The summed E-state index contributed by atoms with van der Waals surface area (Å²) in [4.78, 5) is 25.9. The van der Waals surface area contributed by atoms with Crippen LogP contribution in [-0.4, -0.2) is 126 Å². The lowest BCUT2D eigenvalue weighted by Crippen LogP contribution is -2.36. The number of sulfonamides is 2. The SMILES string of the molecule is COCCN(CCO)S(=O)(=O)c1ccc(N=Nc2c(C)c(C#N)c(O)n(CCCCC/C(C#N)=C(/C)C(=NNc3ccc(S(=O)(=O)N(CCOC)CCOC)cc3)C(N)=O)c2=O)cc1. The number of aliphatic hydroxyl groups excluding tert-OH is 1. The number of methoxy groups -OCH3 is 3. The number of azo groups is 1. The van der Waals surface area contributed by atoms with Crippen molar-refractivity contribution in [2.24, 2.45) is 21.1 Å². The van der Waals surface area contributed by atoms with Gasteiger partial charge in [-0.25, -0.2) is 16.8 Å². The molecule has 0 aliphatic heterocycles. The largest absolute Gasteiger partial charge is 0.493 e. The first-order valence-corrected chi connectivity index (χ1v) is 22.7. The molecule has 0 bridgehead atoms. The predicted molar refractivity (Wildman–Crippen MR) is 236 cm³/mol. The molecule has 346 valence electrons. The van der Waals surface area contributed by atoms with Gasteiger partial charge in [-0.05, 0) is 87.2 Å². The van der Waals surface area contributed by atoms with E-state index >= 15 is 0 Å². The Hall–Kier alpha value is -5.89. The molecule has 5 N–H and O–H groups in total. The Bertz CT molecular complexity index is 2520. The van der Waals surface area contributed by atoms with E-state index in [0.717, 1.165) is 8.87 Å². The molecule has 0 radical (unpaired) electrons. The van der Waals surface area contributed by atoms with Crippen molar-refractivity contribution >= 4 is 48.7 Å². The maximum atomic E-state index is 13.5. The lowest BCUT2D eigenvalue weighted by molar-refractivity contribution is -0.111. The molecule has 1 amide bonds. The number of nitrogens with one attached hydrogen (secondary N) is 1. The first kappa shape index (κ1) is 52.5. The molecule has 0 aliphatic rings. The van der Waals surface area contributed by atoms with E-state index in [9.17, 15) is 47.2 Å². The summed E-state index contributed by atoms with van der Waals surface area (Å²) in [5, 5.41) is 52.3. The van der Waals surface area contributed by atoms with E-state index < -0.39 is 37.4 Å². The fourth-order valence-electron chi connectivity index (χ4n) is 6.11. The smallest absolute Gasteiger partial charge is 0.281 e. The van der Waals surface area contributed by atoms with E-state index in [1.54, 1.807) is 0 Å². The van der Waals surface area contributed by atoms with Gasteiger partial charge in [0, 0.05) is 65.2 Å². The number of hydrogen-bond donors (Lipinski definition) is 4. The Morgan fingerprint density at radius 2 is 1.38 bits per heavy atom. The number of hydrogen-bond acceptors (Lipinski definition) is 17. The van der Waals surface area contributed by atoms with E-state index in [0.29, 0.717) is 24.9 Å². The van der Waals surface area contributed by atoms with Crippen LogP contribution in [0.1, 0.15) is 43.7 Å². The number of carbonyl (C=O) groups is 1. The normalized spacial score (nSPS) is 12.7. The number of aliphatic hydroxyl groups is 1. The van der Waals surface area contributed by atoms with Crippen LogP contribution in [0.15, 0.2) is 89.6 Å². The molecule has 0 aliphatic carbocycles. The number of ether oxygens (including phenoxy) is 3. The highest BCUT2D eigenvalue weighted by atomic mass is 32.2. The molecular weight excluding hydrogens is 873 g/mol. The third-order valence-electron chi connectivity index (χ3n) is 9.77. The minimum absolute atomic E-state index is 0.0179. The Morgan fingerprint density at radius 1 is 0.844 bits per heavy atom. The summed E-state index contributed by atoms with van der Waals surface area (Å²) in [6.45, 7) is 3.19. The summed E-state index contributed by atoms with van der Waals surface area (Å²) in [7, 11) is -3.48. The van der Waals surface area contributed by atoms with Crippen molar-refractivity contribution in [1.29, 1.82) is 10.5 Å². The van der Waals surface area contributed by atoms with Crippen molar-refractivity contribution in [2.45, 2.75) is 55.9 Å². The molecule has 1 aromatic heterocycles. The van der Waals surface area contributed by atoms with E-state index in [1.165, 1.54) is 88.0 Å². The van der Waals surface area contributed by atoms with Crippen molar-refractivity contribution in [1.82, 2.24) is 13.2 Å². The summed E-state index contributed by atoms with van der Waals surface area (Å²) in [6, 6.07) is 15.0. The first-order valence-electron chi connectivity index (χ1n) is 19.8. The molecule has 23 heteroatoms. The first-order chi connectivity index (χ1) is 30.5. The highest BCUT2D eigenvalue weighted by Crippen LogP contribution is 2.28. The molecular formula is C41H54N10O11S2. The molecule has 0 fully saturated rings. The van der Waals surface area contributed by atoms with Gasteiger partial charge in [0.15, 0.2) is 11.4 Å². The van der Waals surface area contributed by atoms with Gasteiger partial charge in [-0.2, -0.15) is 29.3 Å². The summed E-state index contributed by atoms with van der Waals surface area (Å²) in [5.74, 6) is -1.46. The fourth-order valence-corrected chi connectivity index (χ4v) is 8.94. The zero-order valence-corrected chi connectivity index (χ0v) is 38.0. The third kappa shape index (κ3) is 13.8. The predicted octanol–water partition coefficient (Wildman–Crippen LogP) is 3.42. The van der Waals surface area contributed by atoms with Crippen LogP contribution in [-0.2, 0) is 45.6 Å². The lowest BCUT2D eigenvalue weighted by Gasteiger charge is -2.21. The topological polar surface area (TPSA) is 305 Å². The van der Waals surface area contributed by atoms with E-state index in [-0.39, 0.29) is 115 Å². The molecule has 64 heavy (non-hydrogen) atoms. The molecule has 0 unspecified atom stereocenters. The Kier molecular flexibility index (Phi) is 20.8. The van der Waals surface area contributed by atoms with E-state index in [4.69, 9.17) is 19.9 Å². The number of nitrogens with zero attached hydrogens (tertiary/aromatic N) is 8. The highest BCUT2D eigenvalue weighted by molar-refractivity contribution is 7.89. The number of unbranched alkanes of at least 4 members (excludes halogenated alkanes) is 2. The molecule has 0 saturated heterocycles. The fraction of sp³-hybridized carbons (Fsp3) is 0.439. The Morgan fingerprint density at radius 3 is 1.86 bits per heavy atom. The number of aromatic hydroxyl groups is 1. The molecule has 0 saturated carbocycles. The number of nitrogens with two attached hydrogens (primary N) is 1. The van der Waals surface area contributed by atoms with Gasteiger partial charge in [0.2, 0.25) is 25.9 Å². The van der Waals surface area contributed by atoms with Crippen LogP contribution in [0.5, 0.6) is 5.88 Å². The van der Waals surface area contributed by atoms with Gasteiger partial charge in [-0.3, -0.25) is 19.6 Å². The second-order valence-corrected chi connectivity index (χ2v) is 17.8. The zero-order valence-electron chi connectivity index (χ0n) is 36.4. The van der Waals surface area contributed by atoms with Gasteiger partial charge in [-0.15, -0.1) is 5.11 Å². The maximum absolute atomic E-state index is 13.5. The van der Waals surface area contributed by atoms with Crippen molar-refractivity contribution in [3.05, 3.63) is 81.2 Å². The van der Waals surface area contributed by atoms with E-state index in [2.05, 4.69) is 26.8 Å². The van der Waals surface area contributed by atoms with Crippen LogP contribution in [0, 0.1) is 29.6 Å². The second kappa shape index (κ2) is 25.4. The van der Waals surface area contributed by atoms with E-state index in [1.807, 2.05) is 6.07 Å². The maximum Gasteiger partial charge on any atom is 0.281 e. The number of anilines is 1. The number of hydrazone groups is 1. The third-order valence-corrected chi connectivity index (χ3v) is 13.6. The number of allylic oxidation sites excluding steroid dienone is 1. The average molecular weight is 927 g/mol. The molecule has 1 heterocycles. The van der Waals surface area contributed by atoms with Crippen LogP contribution in [0.2, 0.25) is 0 Å². The molecule has 0 atom stereocenters. The van der Waals surface area contributed by atoms with Gasteiger partial charge in [0.1, 0.15) is 11.6 Å². The number of amides is 1. The van der Waals surface area contributed by atoms with Crippen molar-refractivity contribution in [3.8, 4) is 18.0 Å². The zero-order chi connectivity index (χ0) is 47.5. The van der Waals surface area contributed by atoms with Gasteiger partial charge in [0.25, 0.3) is 11.5 Å². The molecule has 2 aromatic carbocycles. The monoisotopic (exact) mass is 926 g/mol. The van der Waals surface area contributed by atoms with Gasteiger partial charge >= 0.3 is 0 Å².